The largest absolute Gasteiger partial charge is 0.393 e. The molecule has 114 valence electrons. The molecule has 1 rings (SSSR count). The molecule has 0 fully saturated rings. The zero-order valence-corrected chi connectivity index (χ0v) is 14.6. The van der Waals surface area contributed by atoms with Crippen LogP contribution in [0.5, 0.6) is 0 Å². The summed E-state index contributed by atoms with van der Waals surface area (Å²) in [7, 11) is 0.0537. The van der Waals surface area contributed by atoms with Crippen LogP contribution in [0.4, 0.5) is 0 Å². The van der Waals surface area contributed by atoms with Gasteiger partial charge in [-0.05, 0) is 12.0 Å². The van der Waals surface area contributed by atoms with Crippen LogP contribution in [-0.4, -0.2) is 25.5 Å². The molecule has 0 saturated heterocycles. The van der Waals surface area contributed by atoms with Gasteiger partial charge in [-0.25, -0.2) is 0 Å². The molecule has 0 bridgehead atoms. The van der Waals surface area contributed by atoms with Crippen LogP contribution in [0.2, 0.25) is 19.6 Å². The second kappa shape index (κ2) is 7.39. The van der Waals surface area contributed by atoms with Gasteiger partial charge >= 0.3 is 0 Å². The molecule has 0 unspecified atom stereocenters. The molecule has 3 heteroatoms. The molecule has 0 aliphatic rings. The van der Waals surface area contributed by atoms with Crippen LogP contribution in [0, 0.1) is 0 Å². The lowest BCUT2D eigenvalue weighted by Crippen LogP contribution is -2.53. The third kappa shape index (κ3) is 4.44. The van der Waals surface area contributed by atoms with Gasteiger partial charge in [0.25, 0.3) is 0 Å². The molecular formula is C17H30O2Si. The lowest BCUT2D eigenvalue weighted by molar-refractivity contribution is 0.0121. The third-order valence-electron chi connectivity index (χ3n) is 4.32. The van der Waals surface area contributed by atoms with E-state index in [4.69, 9.17) is 4.74 Å². The van der Waals surface area contributed by atoms with Gasteiger partial charge in [0.05, 0.1) is 19.4 Å². The Morgan fingerprint density at radius 1 is 1.20 bits per heavy atom. The minimum Gasteiger partial charge on any atom is -0.393 e. The molecule has 0 saturated carbocycles. The monoisotopic (exact) mass is 294 g/mol. The van der Waals surface area contributed by atoms with Crippen LogP contribution in [0.15, 0.2) is 30.3 Å². The molecule has 0 amide bonds. The Morgan fingerprint density at radius 3 is 2.25 bits per heavy atom. The minimum absolute atomic E-state index is 0.0234. The van der Waals surface area contributed by atoms with Gasteiger partial charge < -0.3 is 9.84 Å². The van der Waals surface area contributed by atoms with Crippen LogP contribution < -0.4 is 0 Å². The Balaban J connectivity index is 2.93. The molecule has 0 spiro atoms. The van der Waals surface area contributed by atoms with Crippen molar-refractivity contribution in [1.29, 1.82) is 0 Å². The molecule has 0 aliphatic heterocycles. The average molecular weight is 295 g/mol. The predicted octanol–water partition coefficient (Wildman–Crippen LogP) is 4.56. The van der Waals surface area contributed by atoms with Crippen molar-refractivity contribution in [1.82, 2.24) is 0 Å². The standard InChI is InChI=1S/C17H30O2Si/c1-6-7-13-17(18,20(3,4)5)14-16(19-2)15-11-9-8-10-12-15/h8-12,16,18H,6-7,13-14H2,1-5H3/t16-,17-/m0/s1. The van der Waals surface area contributed by atoms with E-state index < -0.39 is 13.3 Å². The molecule has 2 nitrogen and oxygen atoms in total. The van der Waals surface area contributed by atoms with E-state index in [0.29, 0.717) is 6.42 Å². The minimum atomic E-state index is -1.68. The molecule has 2 atom stereocenters. The van der Waals surface area contributed by atoms with Crippen molar-refractivity contribution >= 4 is 8.07 Å². The number of rotatable bonds is 8. The molecule has 0 aliphatic carbocycles. The summed E-state index contributed by atoms with van der Waals surface area (Å²) in [5.74, 6) is 0. The Labute approximate surface area is 125 Å². The Hall–Kier alpha value is -0.643. The summed E-state index contributed by atoms with van der Waals surface area (Å²) in [5.41, 5.74) is 1.16. The normalized spacial score (nSPS) is 16.7. The first-order valence-corrected chi connectivity index (χ1v) is 11.1. The molecule has 1 aromatic carbocycles. The maximum absolute atomic E-state index is 11.2. The smallest absolute Gasteiger partial charge is 0.0845 e. The van der Waals surface area contributed by atoms with Gasteiger partial charge in [0.2, 0.25) is 0 Å². The SMILES string of the molecule is CCCC[C@@](O)(C[C@H](OC)c1ccccc1)[Si](C)(C)C. The van der Waals surface area contributed by atoms with Gasteiger partial charge in [0, 0.05) is 13.5 Å². The number of aliphatic hydroxyl groups is 1. The second-order valence-electron chi connectivity index (χ2n) is 6.72. The van der Waals surface area contributed by atoms with Crippen molar-refractivity contribution in [3.8, 4) is 0 Å². The summed E-state index contributed by atoms with van der Waals surface area (Å²) in [5, 5.41) is 10.7. The first kappa shape index (κ1) is 17.4. The Bertz CT molecular complexity index is 386. The highest BCUT2D eigenvalue weighted by atomic mass is 28.3. The highest BCUT2D eigenvalue weighted by Gasteiger charge is 2.42. The van der Waals surface area contributed by atoms with E-state index >= 15 is 0 Å². The third-order valence-corrected chi connectivity index (χ3v) is 7.57. The summed E-state index contributed by atoms with van der Waals surface area (Å²) in [4.78, 5) is 0. The van der Waals surface area contributed by atoms with Crippen molar-refractivity contribution in [2.75, 3.05) is 7.11 Å². The number of unbranched alkanes of at least 4 members (excludes halogenated alkanes) is 1. The van der Waals surface area contributed by atoms with E-state index in [1.165, 1.54) is 0 Å². The van der Waals surface area contributed by atoms with Gasteiger partial charge in [-0.15, -0.1) is 0 Å². The van der Waals surface area contributed by atoms with Crippen LogP contribution >= 0.6 is 0 Å². The van der Waals surface area contributed by atoms with Crippen molar-refractivity contribution in [2.24, 2.45) is 0 Å². The molecule has 1 aromatic rings. The second-order valence-corrected chi connectivity index (χ2v) is 12.2. The topological polar surface area (TPSA) is 29.5 Å². The van der Waals surface area contributed by atoms with Gasteiger partial charge in [0.1, 0.15) is 0 Å². The average Bonchev–Trinajstić information content (AvgIpc) is 2.42. The lowest BCUT2D eigenvalue weighted by atomic mass is 9.99. The molecule has 20 heavy (non-hydrogen) atoms. The molecule has 0 heterocycles. The maximum atomic E-state index is 11.2. The molecule has 1 N–H and O–H groups in total. The van der Waals surface area contributed by atoms with Gasteiger partial charge in [-0.2, -0.15) is 0 Å². The summed E-state index contributed by atoms with van der Waals surface area (Å²) in [6.45, 7) is 8.93. The van der Waals surface area contributed by atoms with Crippen LogP contribution in [0.1, 0.15) is 44.3 Å². The van der Waals surface area contributed by atoms with Crippen LogP contribution in [-0.2, 0) is 4.74 Å². The summed E-state index contributed by atoms with van der Waals surface area (Å²) in [6, 6.07) is 10.2. The first-order valence-electron chi connectivity index (χ1n) is 7.64. The van der Waals surface area contributed by atoms with Gasteiger partial charge in [-0.3, -0.25) is 0 Å². The lowest BCUT2D eigenvalue weighted by Gasteiger charge is -2.41. The van der Waals surface area contributed by atoms with E-state index in [9.17, 15) is 5.11 Å². The van der Waals surface area contributed by atoms with E-state index in [1.54, 1.807) is 7.11 Å². The highest BCUT2D eigenvalue weighted by molar-refractivity contribution is 6.78. The van der Waals surface area contributed by atoms with E-state index in [0.717, 1.165) is 24.8 Å². The van der Waals surface area contributed by atoms with Crippen molar-refractivity contribution < 1.29 is 9.84 Å². The fourth-order valence-electron chi connectivity index (χ4n) is 2.56. The van der Waals surface area contributed by atoms with Crippen molar-refractivity contribution in [3.63, 3.8) is 0 Å². The maximum Gasteiger partial charge on any atom is 0.0845 e. The quantitative estimate of drug-likeness (QED) is 0.712. The molecule has 0 radical (unpaired) electrons. The predicted molar refractivity (Wildman–Crippen MR) is 88.6 cm³/mol. The zero-order chi connectivity index (χ0) is 15.2. The van der Waals surface area contributed by atoms with E-state index in [2.05, 4.69) is 38.7 Å². The van der Waals surface area contributed by atoms with E-state index in [1.807, 2.05) is 18.2 Å². The van der Waals surface area contributed by atoms with Gasteiger partial charge in [-0.1, -0.05) is 69.7 Å². The fraction of sp³-hybridized carbons (Fsp3) is 0.647. The van der Waals surface area contributed by atoms with E-state index in [-0.39, 0.29) is 6.10 Å². The number of hydrogen-bond donors (Lipinski definition) is 1. The van der Waals surface area contributed by atoms with Crippen molar-refractivity contribution in [3.05, 3.63) is 35.9 Å². The highest BCUT2D eigenvalue weighted by Crippen LogP contribution is 2.36. The Kier molecular flexibility index (Phi) is 6.43. The number of benzene rings is 1. The van der Waals surface area contributed by atoms with Gasteiger partial charge in [0.15, 0.2) is 0 Å². The molecule has 0 aromatic heterocycles. The summed E-state index contributed by atoms with van der Waals surface area (Å²) in [6.07, 6.45) is 3.75. The summed E-state index contributed by atoms with van der Waals surface area (Å²) < 4.78 is 5.67. The fourth-order valence-corrected chi connectivity index (χ4v) is 4.29. The zero-order valence-electron chi connectivity index (χ0n) is 13.6. The first-order chi connectivity index (χ1) is 9.34. The number of hydrogen-bond acceptors (Lipinski definition) is 2. The Morgan fingerprint density at radius 2 is 1.80 bits per heavy atom. The van der Waals surface area contributed by atoms with Crippen LogP contribution in [0.3, 0.4) is 0 Å². The number of methoxy groups -OCH3 is 1. The number of ether oxygens (including phenoxy) is 1. The van der Waals surface area contributed by atoms with Crippen molar-refractivity contribution in [2.45, 2.75) is 63.6 Å². The molecular weight excluding hydrogens is 264 g/mol. The van der Waals surface area contributed by atoms with Crippen LogP contribution in [0.25, 0.3) is 0 Å². The summed E-state index contributed by atoms with van der Waals surface area (Å²) >= 11 is 0.